The number of alkyl halides is 3. The Morgan fingerprint density at radius 2 is 1.77 bits per heavy atom. The van der Waals surface area contributed by atoms with Crippen LogP contribution in [0, 0.1) is 0 Å². The van der Waals surface area contributed by atoms with E-state index in [0.29, 0.717) is 30.4 Å². The van der Waals surface area contributed by atoms with Crippen molar-refractivity contribution in [1.29, 1.82) is 0 Å². The molecule has 35 heavy (non-hydrogen) atoms. The van der Waals surface area contributed by atoms with E-state index in [9.17, 15) is 26.4 Å². The first kappa shape index (κ1) is 25.9. The van der Waals surface area contributed by atoms with E-state index in [4.69, 9.17) is 0 Å². The van der Waals surface area contributed by atoms with Crippen molar-refractivity contribution >= 4 is 33.2 Å². The zero-order chi connectivity index (χ0) is 25.6. The standard InChI is InChI=1S/C23H24F3N5O3S/c1-15(32)27-11-10-16-6-8-18(9-7-16)30-22-29-14-20(23(24,25)26)21(31-22)28-13-17-4-3-5-19(12-17)35(2,33)34/h3-9,12,14H,10-11,13H2,1-2H3,(H,27,32)(H2,28,29,30,31). The Hall–Kier alpha value is -3.67. The summed E-state index contributed by atoms with van der Waals surface area (Å²) in [5.74, 6) is -0.599. The number of rotatable bonds is 9. The van der Waals surface area contributed by atoms with Gasteiger partial charge in [-0.25, -0.2) is 13.4 Å². The van der Waals surface area contributed by atoms with Crippen LogP contribution >= 0.6 is 0 Å². The van der Waals surface area contributed by atoms with Gasteiger partial charge in [0.15, 0.2) is 9.84 Å². The van der Waals surface area contributed by atoms with Crippen LogP contribution in [0.2, 0.25) is 0 Å². The van der Waals surface area contributed by atoms with Gasteiger partial charge in [-0.3, -0.25) is 4.79 Å². The number of hydrogen-bond donors (Lipinski definition) is 3. The lowest BCUT2D eigenvalue weighted by Crippen LogP contribution is -2.22. The number of benzene rings is 2. The van der Waals surface area contributed by atoms with Crippen molar-refractivity contribution in [1.82, 2.24) is 15.3 Å². The number of nitrogens with zero attached hydrogens (tertiary/aromatic N) is 2. The Morgan fingerprint density at radius 3 is 2.40 bits per heavy atom. The zero-order valence-electron chi connectivity index (χ0n) is 19.0. The topological polar surface area (TPSA) is 113 Å². The smallest absolute Gasteiger partial charge is 0.365 e. The summed E-state index contributed by atoms with van der Waals surface area (Å²) < 4.78 is 64.0. The molecule has 8 nitrogen and oxygen atoms in total. The molecular weight excluding hydrogens is 483 g/mol. The van der Waals surface area contributed by atoms with Gasteiger partial charge in [-0.2, -0.15) is 18.2 Å². The number of carbonyl (C=O) groups is 1. The molecule has 0 aliphatic rings. The van der Waals surface area contributed by atoms with Crippen molar-refractivity contribution in [3.8, 4) is 0 Å². The Morgan fingerprint density at radius 1 is 1.06 bits per heavy atom. The number of sulfone groups is 1. The molecule has 3 rings (SSSR count). The van der Waals surface area contributed by atoms with Crippen molar-refractivity contribution in [2.45, 2.75) is 31.0 Å². The molecule has 0 atom stereocenters. The number of hydrogen-bond acceptors (Lipinski definition) is 7. The quantitative estimate of drug-likeness (QED) is 0.402. The predicted molar refractivity (Wildman–Crippen MR) is 126 cm³/mol. The van der Waals surface area contributed by atoms with E-state index in [1.165, 1.54) is 25.1 Å². The van der Waals surface area contributed by atoms with Crippen molar-refractivity contribution in [2.75, 3.05) is 23.4 Å². The van der Waals surface area contributed by atoms with Crippen LogP contribution in [0.3, 0.4) is 0 Å². The van der Waals surface area contributed by atoms with Crippen LogP contribution in [-0.4, -0.2) is 37.1 Å². The summed E-state index contributed by atoms with van der Waals surface area (Å²) in [5, 5.41) is 8.22. The molecule has 0 fully saturated rings. The highest BCUT2D eigenvalue weighted by Gasteiger charge is 2.35. The number of halogens is 3. The molecule has 2 aromatic carbocycles. The maximum atomic E-state index is 13.5. The Labute approximate surface area is 200 Å². The third-order valence-corrected chi connectivity index (χ3v) is 5.99. The molecule has 0 spiro atoms. The number of anilines is 3. The van der Waals surface area contributed by atoms with Gasteiger partial charge in [0, 0.05) is 38.2 Å². The molecule has 0 aliphatic carbocycles. The SMILES string of the molecule is CC(=O)NCCc1ccc(Nc2ncc(C(F)(F)F)c(NCc3cccc(S(C)(=O)=O)c3)n2)cc1. The third-order valence-electron chi connectivity index (χ3n) is 4.88. The Bertz CT molecular complexity index is 1300. The average molecular weight is 508 g/mol. The van der Waals surface area contributed by atoms with Crippen molar-refractivity contribution in [3.05, 3.63) is 71.4 Å². The van der Waals surface area contributed by atoms with E-state index in [0.717, 1.165) is 11.8 Å². The van der Waals surface area contributed by atoms with Gasteiger partial charge in [0.25, 0.3) is 0 Å². The molecular formula is C23H24F3N5O3S. The Kier molecular flexibility index (Phi) is 7.95. The molecule has 0 bridgehead atoms. The molecule has 12 heteroatoms. The zero-order valence-corrected chi connectivity index (χ0v) is 19.8. The van der Waals surface area contributed by atoms with Crippen LogP contribution in [0.1, 0.15) is 23.6 Å². The largest absolute Gasteiger partial charge is 0.421 e. The minimum absolute atomic E-state index is 0.0450. The molecule has 186 valence electrons. The van der Waals surface area contributed by atoms with Gasteiger partial charge < -0.3 is 16.0 Å². The molecule has 1 heterocycles. The molecule has 3 aromatic rings. The molecule has 1 aromatic heterocycles. The fraction of sp³-hybridized carbons (Fsp3) is 0.261. The van der Waals surface area contributed by atoms with Gasteiger partial charge in [-0.05, 0) is 41.8 Å². The fourth-order valence-corrected chi connectivity index (χ4v) is 3.81. The molecule has 1 amide bonds. The summed E-state index contributed by atoms with van der Waals surface area (Å²) in [6, 6.07) is 13.0. The highest BCUT2D eigenvalue weighted by Crippen LogP contribution is 2.34. The van der Waals surface area contributed by atoms with Gasteiger partial charge in [0.2, 0.25) is 11.9 Å². The minimum atomic E-state index is -4.69. The van der Waals surface area contributed by atoms with Crippen LogP contribution in [0.4, 0.5) is 30.6 Å². The van der Waals surface area contributed by atoms with Crippen molar-refractivity contribution in [3.63, 3.8) is 0 Å². The summed E-state index contributed by atoms with van der Waals surface area (Å²) in [7, 11) is -3.46. The van der Waals surface area contributed by atoms with Crippen molar-refractivity contribution in [2.24, 2.45) is 0 Å². The first-order chi connectivity index (χ1) is 16.4. The highest BCUT2D eigenvalue weighted by atomic mass is 32.2. The van der Waals surface area contributed by atoms with Crippen molar-refractivity contribution < 1.29 is 26.4 Å². The number of carbonyl (C=O) groups excluding carboxylic acids is 1. The molecule has 0 saturated heterocycles. The third kappa shape index (κ3) is 7.67. The number of amides is 1. The first-order valence-electron chi connectivity index (χ1n) is 10.5. The summed E-state index contributed by atoms with van der Waals surface area (Å²) in [4.78, 5) is 18.8. The van der Waals surface area contributed by atoms with E-state index in [2.05, 4.69) is 25.9 Å². The van der Waals surface area contributed by atoms with E-state index < -0.39 is 27.4 Å². The van der Waals surface area contributed by atoms with E-state index in [-0.39, 0.29) is 23.3 Å². The highest BCUT2D eigenvalue weighted by molar-refractivity contribution is 7.90. The molecule has 3 N–H and O–H groups in total. The summed E-state index contributed by atoms with van der Waals surface area (Å²) in [6.07, 6.45) is -2.32. The Balaban J connectivity index is 1.76. The van der Waals surface area contributed by atoms with Gasteiger partial charge in [-0.1, -0.05) is 24.3 Å². The van der Waals surface area contributed by atoms with E-state index >= 15 is 0 Å². The maximum Gasteiger partial charge on any atom is 0.421 e. The van der Waals surface area contributed by atoms with Gasteiger partial charge in [-0.15, -0.1) is 0 Å². The van der Waals surface area contributed by atoms with Crippen LogP contribution in [0.15, 0.2) is 59.6 Å². The van der Waals surface area contributed by atoms with Crippen LogP contribution in [-0.2, 0) is 33.8 Å². The lowest BCUT2D eigenvalue weighted by atomic mass is 10.1. The second kappa shape index (κ2) is 10.7. The summed E-state index contributed by atoms with van der Waals surface area (Å²) >= 11 is 0. The second-order valence-corrected chi connectivity index (χ2v) is 9.80. The molecule has 0 saturated carbocycles. The van der Waals surface area contributed by atoms with Crippen LogP contribution in [0.25, 0.3) is 0 Å². The van der Waals surface area contributed by atoms with Gasteiger partial charge in [0.1, 0.15) is 11.4 Å². The summed E-state index contributed by atoms with van der Waals surface area (Å²) in [6.45, 7) is 1.85. The normalized spacial score (nSPS) is 11.7. The average Bonchev–Trinajstić information content (AvgIpc) is 2.78. The van der Waals surface area contributed by atoms with Gasteiger partial charge in [0.05, 0.1) is 4.90 Å². The predicted octanol–water partition coefficient (Wildman–Crippen LogP) is 3.93. The summed E-state index contributed by atoms with van der Waals surface area (Å²) in [5.41, 5.74) is 0.968. The fourth-order valence-electron chi connectivity index (χ4n) is 3.12. The lowest BCUT2D eigenvalue weighted by Gasteiger charge is -2.15. The minimum Gasteiger partial charge on any atom is -0.365 e. The van der Waals surface area contributed by atoms with Crippen LogP contribution in [0.5, 0.6) is 0 Å². The molecule has 0 unspecified atom stereocenters. The number of nitrogens with one attached hydrogen (secondary N) is 3. The number of aromatic nitrogens is 2. The van der Waals surface area contributed by atoms with E-state index in [1.54, 1.807) is 18.2 Å². The lowest BCUT2D eigenvalue weighted by molar-refractivity contribution is -0.137. The maximum absolute atomic E-state index is 13.5. The van der Waals surface area contributed by atoms with E-state index in [1.807, 2.05) is 12.1 Å². The van der Waals surface area contributed by atoms with Crippen LogP contribution < -0.4 is 16.0 Å². The monoisotopic (exact) mass is 507 g/mol. The first-order valence-corrected chi connectivity index (χ1v) is 12.4. The van der Waals surface area contributed by atoms with Gasteiger partial charge >= 0.3 is 6.18 Å². The second-order valence-electron chi connectivity index (χ2n) is 7.78. The molecule has 0 aliphatic heterocycles. The molecule has 0 radical (unpaired) electrons.